The minimum absolute atomic E-state index is 0.107. The number of carbonyl (C=O) groups is 3. The predicted octanol–water partition coefficient (Wildman–Crippen LogP) is 17.0. The second-order valence-corrected chi connectivity index (χ2v) is 16.8. The Morgan fingerprint density at radius 2 is 0.651 bits per heavy atom. The first-order valence-corrected chi connectivity index (χ1v) is 25.8. The fraction of sp³-hybridized carbons (Fsp3) is 0.667. The van der Waals surface area contributed by atoms with Crippen LogP contribution in [0.3, 0.4) is 0 Å². The lowest BCUT2D eigenvalue weighted by Crippen LogP contribution is -2.30. The molecule has 0 heterocycles. The van der Waals surface area contributed by atoms with Crippen molar-refractivity contribution in [1.82, 2.24) is 0 Å². The van der Waals surface area contributed by atoms with Gasteiger partial charge in [0.2, 0.25) is 0 Å². The van der Waals surface area contributed by atoms with E-state index in [4.69, 9.17) is 14.2 Å². The highest BCUT2D eigenvalue weighted by Gasteiger charge is 2.19. The third-order valence-electron chi connectivity index (χ3n) is 10.7. The summed E-state index contributed by atoms with van der Waals surface area (Å²) >= 11 is 0. The molecule has 0 aliphatic rings. The molecule has 0 fully saturated rings. The molecule has 0 aromatic carbocycles. The van der Waals surface area contributed by atoms with Crippen molar-refractivity contribution in [2.75, 3.05) is 13.2 Å². The van der Waals surface area contributed by atoms with Gasteiger partial charge in [0.15, 0.2) is 6.10 Å². The van der Waals surface area contributed by atoms with E-state index in [9.17, 15) is 14.4 Å². The van der Waals surface area contributed by atoms with Gasteiger partial charge in [-0.3, -0.25) is 14.4 Å². The maximum Gasteiger partial charge on any atom is 0.306 e. The van der Waals surface area contributed by atoms with Crippen LogP contribution < -0.4 is 0 Å². The van der Waals surface area contributed by atoms with E-state index in [1.54, 1.807) is 0 Å². The van der Waals surface area contributed by atoms with Crippen molar-refractivity contribution < 1.29 is 28.6 Å². The van der Waals surface area contributed by atoms with Crippen molar-refractivity contribution in [2.45, 2.75) is 232 Å². The van der Waals surface area contributed by atoms with Crippen LogP contribution in [0.25, 0.3) is 0 Å². The van der Waals surface area contributed by atoms with E-state index in [0.717, 1.165) is 77.0 Å². The minimum Gasteiger partial charge on any atom is -0.462 e. The molecule has 0 aliphatic heterocycles. The van der Waals surface area contributed by atoms with Crippen LogP contribution in [0.15, 0.2) is 97.2 Å². The van der Waals surface area contributed by atoms with Gasteiger partial charge >= 0.3 is 17.9 Å². The Labute approximate surface area is 387 Å². The highest BCUT2D eigenvalue weighted by molar-refractivity contribution is 5.71. The molecule has 0 rings (SSSR count). The molecule has 0 aromatic rings. The predicted molar refractivity (Wildman–Crippen MR) is 270 cm³/mol. The Bertz CT molecular complexity index is 1280. The first kappa shape index (κ1) is 59.3. The Kier molecular flexibility index (Phi) is 48.0. The molecule has 358 valence electrons. The van der Waals surface area contributed by atoms with E-state index in [0.29, 0.717) is 19.3 Å². The summed E-state index contributed by atoms with van der Waals surface area (Å²) in [7, 11) is 0. The van der Waals surface area contributed by atoms with Gasteiger partial charge in [-0.15, -0.1) is 0 Å². The minimum atomic E-state index is -0.812. The molecule has 0 amide bonds. The quantitative estimate of drug-likeness (QED) is 0.0199. The van der Waals surface area contributed by atoms with Crippen LogP contribution >= 0.6 is 0 Å². The standard InChI is InChI=1S/C57H94O6/c1-4-7-10-13-16-19-22-24-26-27-28-29-31-32-35-38-41-44-47-50-56(59)62-53-54(52-61-55(58)49-46-43-40-37-34-21-18-15-12-9-6-3)63-57(60)51-48-45-42-39-36-33-30-25-23-20-17-14-11-8-5-2/h8,11,14-15,17-18,20-21,23,25,27-28,30,33-34,36,54H,4-7,9-10,12-13,16,19,22,24,26,29,31-32,35,37-53H2,1-3H3/b11-8-,17-14-,18-15-,23-20-,28-27-,30-25-,34-21-,36-33-. The summed E-state index contributed by atoms with van der Waals surface area (Å²) in [6, 6.07) is 0. The van der Waals surface area contributed by atoms with Crippen LogP contribution in [0.4, 0.5) is 0 Å². The summed E-state index contributed by atoms with van der Waals surface area (Å²) in [5.41, 5.74) is 0. The van der Waals surface area contributed by atoms with Crippen molar-refractivity contribution in [1.29, 1.82) is 0 Å². The molecule has 1 atom stereocenters. The van der Waals surface area contributed by atoms with Crippen LogP contribution in [0.1, 0.15) is 226 Å². The lowest BCUT2D eigenvalue weighted by atomic mass is 10.1. The molecule has 63 heavy (non-hydrogen) atoms. The van der Waals surface area contributed by atoms with Crippen LogP contribution in [-0.2, 0) is 28.6 Å². The SMILES string of the molecule is CC\C=C/C=C\C=C/C=C\C=C/CCCCCC(=O)OC(COC(=O)CCCCC/C=C\C=C/CCCC)COC(=O)CCCCCCCCC/C=C\CCCCCCCCCC. The van der Waals surface area contributed by atoms with Crippen molar-refractivity contribution in [3.8, 4) is 0 Å². The van der Waals surface area contributed by atoms with Gasteiger partial charge in [-0.05, 0) is 83.5 Å². The zero-order chi connectivity index (χ0) is 45.8. The molecular weight excluding hydrogens is 781 g/mol. The van der Waals surface area contributed by atoms with E-state index >= 15 is 0 Å². The number of rotatable bonds is 45. The van der Waals surface area contributed by atoms with Gasteiger partial charge in [0.25, 0.3) is 0 Å². The molecule has 0 aromatic heterocycles. The van der Waals surface area contributed by atoms with Crippen molar-refractivity contribution in [3.63, 3.8) is 0 Å². The summed E-state index contributed by atoms with van der Waals surface area (Å²) in [5.74, 6) is -0.986. The fourth-order valence-corrected chi connectivity index (χ4v) is 6.79. The number of carbonyl (C=O) groups excluding carboxylic acids is 3. The lowest BCUT2D eigenvalue weighted by molar-refractivity contribution is -0.167. The van der Waals surface area contributed by atoms with Crippen LogP contribution in [0, 0.1) is 0 Å². The molecule has 6 nitrogen and oxygen atoms in total. The molecule has 0 aliphatic carbocycles. The van der Waals surface area contributed by atoms with Gasteiger partial charge in [0, 0.05) is 19.3 Å². The number of ether oxygens (including phenoxy) is 3. The van der Waals surface area contributed by atoms with E-state index in [1.807, 2.05) is 48.6 Å². The Morgan fingerprint density at radius 3 is 1.10 bits per heavy atom. The molecule has 0 spiro atoms. The van der Waals surface area contributed by atoms with Gasteiger partial charge in [-0.2, -0.15) is 0 Å². The Balaban J connectivity index is 4.45. The maximum atomic E-state index is 12.8. The summed E-state index contributed by atoms with van der Waals surface area (Å²) < 4.78 is 16.7. The average molecular weight is 875 g/mol. The van der Waals surface area contributed by atoms with Gasteiger partial charge in [-0.1, -0.05) is 221 Å². The van der Waals surface area contributed by atoms with E-state index in [-0.39, 0.29) is 37.5 Å². The van der Waals surface area contributed by atoms with Gasteiger partial charge in [-0.25, -0.2) is 0 Å². The van der Waals surface area contributed by atoms with Gasteiger partial charge in [0.1, 0.15) is 13.2 Å². The fourth-order valence-electron chi connectivity index (χ4n) is 6.79. The second-order valence-electron chi connectivity index (χ2n) is 16.8. The normalized spacial score (nSPS) is 12.9. The van der Waals surface area contributed by atoms with Crippen LogP contribution in [0.5, 0.6) is 0 Å². The monoisotopic (exact) mass is 875 g/mol. The van der Waals surface area contributed by atoms with Crippen LogP contribution in [0.2, 0.25) is 0 Å². The Hall–Kier alpha value is -3.67. The third-order valence-corrected chi connectivity index (χ3v) is 10.7. The maximum absolute atomic E-state index is 12.8. The molecule has 1 unspecified atom stereocenters. The van der Waals surface area contributed by atoms with E-state index in [2.05, 4.69) is 69.4 Å². The summed E-state index contributed by atoms with van der Waals surface area (Å²) in [5, 5.41) is 0. The highest BCUT2D eigenvalue weighted by atomic mass is 16.6. The molecule has 0 N–H and O–H groups in total. The summed E-state index contributed by atoms with van der Waals surface area (Å²) in [6.07, 6.45) is 66.8. The number of unbranched alkanes of at least 4 members (excludes halogenated alkanes) is 23. The van der Waals surface area contributed by atoms with Crippen molar-refractivity contribution in [3.05, 3.63) is 97.2 Å². The number of hydrogen-bond acceptors (Lipinski definition) is 6. The van der Waals surface area contributed by atoms with Gasteiger partial charge in [0.05, 0.1) is 0 Å². The summed E-state index contributed by atoms with van der Waals surface area (Å²) in [4.78, 5) is 37.9. The molecule has 0 bridgehead atoms. The van der Waals surface area contributed by atoms with Crippen molar-refractivity contribution >= 4 is 17.9 Å². The largest absolute Gasteiger partial charge is 0.462 e. The molecule has 0 saturated heterocycles. The number of esters is 3. The van der Waals surface area contributed by atoms with E-state index < -0.39 is 6.10 Å². The highest BCUT2D eigenvalue weighted by Crippen LogP contribution is 2.14. The third kappa shape index (κ3) is 49.2. The first-order chi connectivity index (χ1) is 31.0. The van der Waals surface area contributed by atoms with Gasteiger partial charge < -0.3 is 14.2 Å². The Morgan fingerprint density at radius 1 is 0.333 bits per heavy atom. The lowest BCUT2D eigenvalue weighted by Gasteiger charge is -2.18. The summed E-state index contributed by atoms with van der Waals surface area (Å²) in [6.45, 7) is 6.37. The number of allylic oxidation sites excluding steroid dienone is 16. The average Bonchev–Trinajstić information content (AvgIpc) is 3.28. The smallest absolute Gasteiger partial charge is 0.306 e. The molecule has 0 saturated carbocycles. The second kappa shape index (κ2) is 51.0. The number of hydrogen-bond donors (Lipinski definition) is 0. The zero-order valence-electron chi connectivity index (χ0n) is 40.8. The molecule has 6 heteroatoms. The van der Waals surface area contributed by atoms with E-state index in [1.165, 1.54) is 103 Å². The molecule has 0 radical (unpaired) electrons. The topological polar surface area (TPSA) is 78.9 Å². The van der Waals surface area contributed by atoms with Crippen molar-refractivity contribution in [2.24, 2.45) is 0 Å². The molecular formula is C57H94O6. The zero-order valence-corrected chi connectivity index (χ0v) is 40.8. The van der Waals surface area contributed by atoms with Crippen LogP contribution in [-0.4, -0.2) is 37.2 Å². The first-order valence-electron chi connectivity index (χ1n) is 25.8.